The standard InChI is InChI=1S/C16H20N4O2.C2HF3O2/c21-16(18-8-14-5-2-6-22-14)15-10-19(12-3-1-4-12)9-13-7-17-11-20(13)15;3-2(4,5)1(6)7/h2,5-7,11-12,15H,1,3-4,8-10H2,(H,18,21);(H,6,7). The monoisotopic (exact) mass is 414 g/mol. The Balaban J connectivity index is 0.000000298. The van der Waals surface area contributed by atoms with Gasteiger partial charge in [0.2, 0.25) is 5.91 Å². The summed E-state index contributed by atoms with van der Waals surface area (Å²) in [5.41, 5.74) is 1.12. The lowest BCUT2D eigenvalue weighted by Crippen LogP contribution is -2.49. The van der Waals surface area contributed by atoms with E-state index in [4.69, 9.17) is 14.3 Å². The maximum absolute atomic E-state index is 12.6. The number of nitrogens with one attached hydrogen (secondary N) is 1. The van der Waals surface area contributed by atoms with Gasteiger partial charge in [-0.3, -0.25) is 9.69 Å². The molecule has 1 saturated carbocycles. The summed E-state index contributed by atoms with van der Waals surface area (Å²) < 4.78 is 39.0. The number of fused-ring (bicyclic) bond motifs is 1. The first-order valence-electron chi connectivity index (χ1n) is 9.10. The zero-order valence-electron chi connectivity index (χ0n) is 15.4. The average Bonchev–Trinajstić information content (AvgIpc) is 3.28. The van der Waals surface area contributed by atoms with Crippen LogP contribution in [-0.2, 0) is 22.7 Å². The maximum atomic E-state index is 12.6. The Kier molecular flexibility index (Phi) is 6.26. The van der Waals surface area contributed by atoms with Crippen molar-refractivity contribution in [1.29, 1.82) is 0 Å². The van der Waals surface area contributed by atoms with Gasteiger partial charge in [0, 0.05) is 25.3 Å². The summed E-state index contributed by atoms with van der Waals surface area (Å²) in [6, 6.07) is 4.12. The molecule has 2 N–H and O–H groups in total. The highest BCUT2D eigenvalue weighted by Gasteiger charge is 2.38. The molecule has 2 aromatic rings. The number of aliphatic carboxylic acids is 1. The molecule has 0 radical (unpaired) electrons. The number of carbonyl (C=O) groups is 2. The Morgan fingerprint density at radius 3 is 2.62 bits per heavy atom. The van der Waals surface area contributed by atoms with Gasteiger partial charge in [0.25, 0.3) is 0 Å². The number of halogens is 3. The van der Waals surface area contributed by atoms with Crippen molar-refractivity contribution in [3.63, 3.8) is 0 Å². The van der Waals surface area contributed by atoms with E-state index in [1.165, 1.54) is 19.3 Å². The lowest BCUT2D eigenvalue weighted by atomic mass is 9.90. The van der Waals surface area contributed by atoms with Crippen LogP contribution in [0.2, 0.25) is 0 Å². The third kappa shape index (κ3) is 5.17. The molecule has 0 spiro atoms. The van der Waals surface area contributed by atoms with Gasteiger partial charge in [0.1, 0.15) is 11.8 Å². The third-order valence-electron chi connectivity index (χ3n) is 5.01. The van der Waals surface area contributed by atoms with Crippen molar-refractivity contribution in [2.24, 2.45) is 0 Å². The first-order valence-corrected chi connectivity index (χ1v) is 9.10. The fourth-order valence-electron chi connectivity index (χ4n) is 3.26. The fraction of sp³-hybridized carbons (Fsp3) is 0.500. The second kappa shape index (κ2) is 8.68. The molecule has 3 heterocycles. The summed E-state index contributed by atoms with van der Waals surface area (Å²) in [7, 11) is 0. The van der Waals surface area contributed by atoms with Gasteiger partial charge in [0.15, 0.2) is 0 Å². The fourth-order valence-corrected chi connectivity index (χ4v) is 3.26. The molecular weight excluding hydrogens is 393 g/mol. The van der Waals surface area contributed by atoms with Crippen LogP contribution in [0.25, 0.3) is 0 Å². The number of hydrogen-bond donors (Lipinski definition) is 2. The molecule has 1 unspecified atom stereocenters. The number of furan rings is 1. The molecule has 2 aromatic heterocycles. The van der Waals surface area contributed by atoms with Gasteiger partial charge < -0.3 is 19.4 Å². The smallest absolute Gasteiger partial charge is 0.475 e. The van der Waals surface area contributed by atoms with E-state index in [0.717, 1.165) is 24.5 Å². The number of aromatic nitrogens is 2. The van der Waals surface area contributed by atoms with Crippen LogP contribution in [0.5, 0.6) is 0 Å². The van der Waals surface area contributed by atoms with Crippen LogP contribution in [0.1, 0.15) is 36.8 Å². The number of carbonyl (C=O) groups excluding carboxylic acids is 1. The van der Waals surface area contributed by atoms with Gasteiger partial charge in [-0.05, 0) is 25.0 Å². The van der Waals surface area contributed by atoms with Crippen molar-refractivity contribution in [2.45, 2.75) is 50.6 Å². The lowest BCUT2D eigenvalue weighted by molar-refractivity contribution is -0.192. The second-order valence-electron chi connectivity index (χ2n) is 6.92. The molecule has 1 amide bonds. The lowest BCUT2D eigenvalue weighted by Gasteiger charge is -2.42. The molecule has 1 fully saturated rings. The summed E-state index contributed by atoms with van der Waals surface area (Å²) in [6.45, 7) is 2.08. The summed E-state index contributed by atoms with van der Waals surface area (Å²) in [6.07, 6.45) is 3.97. The molecule has 1 aliphatic carbocycles. The van der Waals surface area contributed by atoms with E-state index in [2.05, 4.69) is 15.2 Å². The molecule has 29 heavy (non-hydrogen) atoms. The minimum atomic E-state index is -5.08. The van der Waals surface area contributed by atoms with Crippen LogP contribution in [0.3, 0.4) is 0 Å². The zero-order chi connectivity index (χ0) is 21.0. The van der Waals surface area contributed by atoms with E-state index < -0.39 is 12.1 Å². The molecule has 8 nitrogen and oxygen atoms in total. The van der Waals surface area contributed by atoms with Crippen LogP contribution in [0.15, 0.2) is 35.3 Å². The van der Waals surface area contributed by atoms with Crippen molar-refractivity contribution in [1.82, 2.24) is 19.8 Å². The Morgan fingerprint density at radius 2 is 2.07 bits per heavy atom. The van der Waals surface area contributed by atoms with E-state index in [1.54, 1.807) is 12.6 Å². The number of carboxylic acid groups (broad SMARTS) is 1. The normalized spacial score (nSPS) is 19.5. The molecule has 0 bridgehead atoms. The molecule has 2 aliphatic rings. The summed E-state index contributed by atoms with van der Waals surface area (Å²) in [5, 5.41) is 10.1. The topological polar surface area (TPSA) is 101 Å². The Hall–Kier alpha value is -2.82. The minimum Gasteiger partial charge on any atom is -0.475 e. The maximum Gasteiger partial charge on any atom is 0.490 e. The zero-order valence-corrected chi connectivity index (χ0v) is 15.4. The molecule has 4 rings (SSSR count). The number of rotatable bonds is 4. The minimum absolute atomic E-state index is 0.0275. The quantitative estimate of drug-likeness (QED) is 0.797. The van der Waals surface area contributed by atoms with Crippen LogP contribution < -0.4 is 5.32 Å². The van der Waals surface area contributed by atoms with Crippen molar-refractivity contribution in [3.05, 3.63) is 42.4 Å². The van der Waals surface area contributed by atoms with Crippen molar-refractivity contribution in [3.8, 4) is 0 Å². The summed E-state index contributed by atoms with van der Waals surface area (Å²) in [4.78, 5) is 28.1. The average molecular weight is 414 g/mol. The highest BCUT2D eigenvalue weighted by Crippen LogP contribution is 2.31. The van der Waals surface area contributed by atoms with Gasteiger partial charge in [-0.1, -0.05) is 6.42 Å². The number of carboxylic acids is 1. The molecule has 0 aromatic carbocycles. The van der Waals surface area contributed by atoms with Crippen molar-refractivity contribution < 1.29 is 32.3 Å². The summed E-state index contributed by atoms with van der Waals surface area (Å²) >= 11 is 0. The molecule has 158 valence electrons. The highest BCUT2D eigenvalue weighted by atomic mass is 19.4. The number of amides is 1. The molecule has 1 aliphatic heterocycles. The van der Waals surface area contributed by atoms with Gasteiger partial charge in [0.05, 0.1) is 24.8 Å². The van der Waals surface area contributed by atoms with Gasteiger partial charge in [-0.15, -0.1) is 0 Å². The second-order valence-corrected chi connectivity index (χ2v) is 6.92. The first kappa shape index (κ1) is 20.9. The first-order chi connectivity index (χ1) is 13.8. The van der Waals surface area contributed by atoms with E-state index >= 15 is 0 Å². The van der Waals surface area contributed by atoms with Gasteiger partial charge >= 0.3 is 12.1 Å². The van der Waals surface area contributed by atoms with Gasteiger partial charge in [-0.25, -0.2) is 9.78 Å². The molecular formula is C18H21F3N4O4. The predicted molar refractivity (Wildman–Crippen MR) is 93.6 cm³/mol. The van der Waals surface area contributed by atoms with Crippen LogP contribution in [0, 0.1) is 0 Å². The largest absolute Gasteiger partial charge is 0.490 e. The van der Waals surface area contributed by atoms with Crippen LogP contribution in [-0.4, -0.2) is 50.2 Å². The van der Waals surface area contributed by atoms with Crippen LogP contribution in [0.4, 0.5) is 13.2 Å². The third-order valence-corrected chi connectivity index (χ3v) is 5.01. The Bertz CT molecular complexity index is 831. The molecule has 0 saturated heterocycles. The number of imidazole rings is 1. The predicted octanol–water partition coefficient (Wildman–Crippen LogP) is 2.33. The number of alkyl halides is 3. The Morgan fingerprint density at radius 1 is 1.34 bits per heavy atom. The highest BCUT2D eigenvalue weighted by molar-refractivity contribution is 5.80. The van der Waals surface area contributed by atoms with E-state index in [9.17, 15) is 18.0 Å². The molecule has 1 atom stereocenters. The van der Waals surface area contributed by atoms with E-state index in [-0.39, 0.29) is 11.9 Å². The molecule has 11 heteroatoms. The number of nitrogens with zero attached hydrogens (tertiary/aromatic N) is 3. The van der Waals surface area contributed by atoms with Gasteiger partial charge in [-0.2, -0.15) is 13.2 Å². The van der Waals surface area contributed by atoms with E-state index in [1.807, 2.05) is 22.9 Å². The van der Waals surface area contributed by atoms with Crippen molar-refractivity contribution >= 4 is 11.9 Å². The summed E-state index contributed by atoms with van der Waals surface area (Å²) in [5.74, 6) is -1.96. The van der Waals surface area contributed by atoms with Crippen LogP contribution >= 0.6 is 0 Å². The Labute approximate surface area is 164 Å². The van der Waals surface area contributed by atoms with E-state index in [0.29, 0.717) is 12.6 Å². The SMILES string of the molecule is O=C(NCc1ccco1)C1CN(C2CCC2)Cc2cncn21.O=C(O)C(F)(F)F. The van der Waals surface area contributed by atoms with Crippen molar-refractivity contribution in [2.75, 3.05) is 6.54 Å². The number of hydrogen-bond acceptors (Lipinski definition) is 5.